The average molecular weight is 1380 g/mol. The first-order valence-electron chi connectivity index (χ1n) is 26.4. The van der Waals surface area contributed by atoms with Crippen molar-refractivity contribution >= 4 is 45.0 Å². The van der Waals surface area contributed by atoms with Gasteiger partial charge >= 0.3 is 0 Å². The number of halogens is 10. The van der Waals surface area contributed by atoms with Gasteiger partial charge in [0.25, 0.3) is 30.4 Å². The van der Waals surface area contributed by atoms with Crippen LogP contribution in [0.2, 0.25) is 0 Å². The van der Waals surface area contributed by atoms with Crippen molar-refractivity contribution in [3.63, 3.8) is 0 Å². The zero-order chi connectivity index (χ0) is 68.4. The fraction of sp³-hybridized carbons (Fsp3) is 0.250. The predicted molar refractivity (Wildman–Crippen MR) is 329 cm³/mol. The molecule has 33 heteroatoms. The second-order valence-electron chi connectivity index (χ2n) is 18.7. The summed E-state index contributed by atoms with van der Waals surface area (Å²) in [4.78, 5) is 61.2. The smallest absolute Gasteiger partial charge is 0.280 e. The molecule has 0 spiro atoms. The molecule has 0 aliphatic rings. The third-order valence-corrected chi connectivity index (χ3v) is 14.8. The molecule has 1 N–H and O–H groups in total. The number of hydrogen-bond acceptors (Lipinski definition) is 19. The van der Waals surface area contributed by atoms with Crippen LogP contribution in [0.25, 0.3) is 33.8 Å². The Labute approximate surface area is 538 Å². The van der Waals surface area contributed by atoms with E-state index in [2.05, 4.69) is 34.9 Å². The van der Waals surface area contributed by atoms with Crippen molar-refractivity contribution in [3.05, 3.63) is 192 Å². The van der Waals surface area contributed by atoms with Crippen LogP contribution in [0.4, 0.5) is 39.5 Å². The molecule has 494 valence electrons. The summed E-state index contributed by atoms with van der Waals surface area (Å²) in [5, 5.41) is -0.290. The minimum Gasteiger partial charge on any atom is -0.493 e. The zero-order valence-corrected chi connectivity index (χ0v) is 53.5. The molecule has 0 atom stereocenters. The molecule has 0 bridgehead atoms. The Morgan fingerprint density at radius 1 is 0.495 bits per heavy atom. The summed E-state index contributed by atoms with van der Waals surface area (Å²) in [7, 11) is 4.21. The number of methoxy groups -OCH3 is 6. The van der Waals surface area contributed by atoms with Gasteiger partial charge in [-0.2, -0.15) is 0 Å². The molecule has 3 aromatic carbocycles. The van der Waals surface area contributed by atoms with Gasteiger partial charge in [-0.1, -0.05) is 23.5 Å². The van der Waals surface area contributed by atoms with E-state index in [9.17, 15) is 62.3 Å². The van der Waals surface area contributed by atoms with Crippen LogP contribution in [-0.2, 0) is 28.8 Å². The molecule has 0 aliphatic heterocycles. The molecule has 0 amide bonds. The van der Waals surface area contributed by atoms with Crippen molar-refractivity contribution in [2.75, 3.05) is 61.4 Å². The van der Waals surface area contributed by atoms with Crippen molar-refractivity contribution < 1.29 is 76.4 Å². The third-order valence-electron chi connectivity index (χ3n) is 12.5. The lowest BCUT2D eigenvalue weighted by Crippen LogP contribution is -2.19. The highest BCUT2D eigenvalue weighted by Gasteiger charge is 2.22. The van der Waals surface area contributed by atoms with Gasteiger partial charge in [-0.25, -0.2) is 77.8 Å². The largest absolute Gasteiger partial charge is 0.493 e. The number of ether oxygens (including phenoxy) is 6. The normalized spacial score (nSPS) is 11.0. The Morgan fingerprint density at radius 2 is 0.860 bits per heavy atom. The van der Waals surface area contributed by atoms with Crippen LogP contribution in [0.3, 0.4) is 0 Å². The van der Waals surface area contributed by atoms with Crippen LogP contribution in [0.5, 0.6) is 34.5 Å². The molecule has 20 nitrogen and oxygen atoms in total. The van der Waals surface area contributed by atoms with Gasteiger partial charge < -0.3 is 42.5 Å². The number of nitrogens with zero attached hydrogens (tertiary/aromatic N) is 8. The molecular formula is C60H55ClF9N9O11S3. The molecular weight excluding hydrogens is 1330 g/mol. The number of thioether (sulfide) groups is 2. The van der Waals surface area contributed by atoms with E-state index < -0.39 is 68.7 Å². The zero-order valence-electron chi connectivity index (χ0n) is 50.3. The second-order valence-corrected chi connectivity index (χ2v) is 22.5. The van der Waals surface area contributed by atoms with Crippen molar-refractivity contribution in [1.29, 1.82) is 0 Å². The van der Waals surface area contributed by atoms with E-state index in [-0.39, 0.29) is 91.8 Å². The van der Waals surface area contributed by atoms with E-state index in [1.54, 1.807) is 24.6 Å². The van der Waals surface area contributed by atoms with Gasteiger partial charge in [0.05, 0.1) is 72.8 Å². The summed E-state index contributed by atoms with van der Waals surface area (Å²) in [6, 6.07) is 19.9. The third kappa shape index (κ3) is 19.5. The number of hydrogen-bond donors (Lipinski definition) is 1. The Balaban J connectivity index is 0.000000207. The summed E-state index contributed by atoms with van der Waals surface area (Å²) >= 11 is 7.88. The highest BCUT2D eigenvalue weighted by Crippen LogP contribution is 2.35. The summed E-state index contributed by atoms with van der Waals surface area (Å²) in [6.45, 7) is -0.0538. The number of pyridine rings is 3. The molecule has 9 aromatic rings. The average Bonchev–Trinajstić information content (AvgIpc) is 0.854. The van der Waals surface area contributed by atoms with Crippen molar-refractivity contribution in [3.8, 4) is 68.3 Å². The lowest BCUT2D eigenvalue weighted by molar-refractivity contribution is 0.144. The second kappa shape index (κ2) is 33.4. The SMILES string of the molecule is COc1cc(CCl)cc(F)c1OC.COc1cc(Cn2cc(-c3cc(C(F)F)nc(S(C)(=O)=O)n3)ccc2=O)cc(F)c1OC.COc1cc(Cn2cc(-c3cc(C(F)F)nc(SC)n3)ccc2=O)cc(F)c1OC.CSc1nc(-c2ccc(=O)[nH]c2)cc(C(F)F)n1. The van der Waals surface area contributed by atoms with Crippen molar-refractivity contribution in [1.82, 2.24) is 44.0 Å². The lowest BCUT2D eigenvalue weighted by Gasteiger charge is -2.13. The maximum Gasteiger partial charge on any atom is 0.280 e. The van der Waals surface area contributed by atoms with Gasteiger partial charge in [-0.05, 0) is 102 Å². The van der Waals surface area contributed by atoms with E-state index in [0.29, 0.717) is 39.3 Å². The first-order chi connectivity index (χ1) is 44.2. The van der Waals surface area contributed by atoms with Crippen LogP contribution in [0, 0.1) is 17.5 Å². The molecule has 0 saturated heterocycles. The Bertz CT molecular complexity index is 4390. The van der Waals surface area contributed by atoms with Crippen LogP contribution < -0.4 is 45.1 Å². The highest BCUT2D eigenvalue weighted by molar-refractivity contribution is 7.98. The van der Waals surface area contributed by atoms with E-state index in [1.807, 2.05) is 0 Å². The number of rotatable bonds is 20. The minimum atomic E-state index is -3.97. The summed E-state index contributed by atoms with van der Waals surface area (Å²) < 4.78 is 176. The van der Waals surface area contributed by atoms with Crippen LogP contribution in [0.1, 0.15) is 53.0 Å². The van der Waals surface area contributed by atoms with E-state index in [0.717, 1.165) is 30.2 Å². The molecule has 9 rings (SSSR count). The van der Waals surface area contributed by atoms with Crippen LogP contribution >= 0.6 is 35.1 Å². The lowest BCUT2D eigenvalue weighted by atomic mass is 10.1. The van der Waals surface area contributed by atoms with Gasteiger partial charge in [0, 0.05) is 65.6 Å². The summed E-state index contributed by atoms with van der Waals surface area (Å²) in [5.41, 5.74) is 0.665. The number of sulfone groups is 1. The fourth-order valence-corrected chi connectivity index (χ4v) is 9.67. The van der Waals surface area contributed by atoms with E-state index in [1.165, 1.54) is 149 Å². The number of nitrogens with one attached hydrogen (secondary N) is 1. The number of benzene rings is 3. The van der Waals surface area contributed by atoms with Gasteiger partial charge in [0.15, 0.2) is 62.3 Å². The Morgan fingerprint density at radius 3 is 1.20 bits per heavy atom. The van der Waals surface area contributed by atoms with Gasteiger partial charge in [0.2, 0.25) is 20.6 Å². The maximum absolute atomic E-state index is 14.3. The molecule has 93 heavy (non-hydrogen) atoms. The quantitative estimate of drug-likeness (QED) is 0.0322. The molecule has 0 aliphatic carbocycles. The summed E-state index contributed by atoms with van der Waals surface area (Å²) in [5.74, 6) is -0.873. The number of alkyl halides is 7. The van der Waals surface area contributed by atoms with Gasteiger partial charge in [0.1, 0.15) is 17.1 Å². The number of H-pyrrole nitrogens is 1. The first kappa shape index (κ1) is 72.9. The monoisotopic (exact) mass is 1380 g/mol. The van der Waals surface area contributed by atoms with Crippen LogP contribution in [-0.4, -0.2) is 114 Å². The van der Waals surface area contributed by atoms with Crippen molar-refractivity contribution in [2.45, 2.75) is 53.7 Å². The number of aromatic nitrogens is 9. The maximum atomic E-state index is 14.3. The molecule has 0 fully saturated rings. The predicted octanol–water partition coefficient (Wildman–Crippen LogP) is 12.1. The Kier molecular flexibility index (Phi) is 26.2. The molecule has 6 heterocycles. The van der Waals surface area contributed by atoms with Gasteiger partial charge in [-0.3, -0.25) is 14.4 Å². The first-order valence-corrected chi connectivity index (χ1v) is 31.3. The van der Waals surface area contributed by atoms with E-state index >= 15 is 0 Å². The standard InChI is InChI=1S/C20H18F3N3O5S.C20H18F3N3O3S.C11H9F2N3OS.C9H10ClFO2/c1-30-16-7-11(6-13(21)18(16)31-2)9-26-10-12(4-5-17(26)27)14-8-15(19(22)23)25-20(24-14)32(3,28)29;1-28-16-7-11(6-13(21)18(16)29-2)9-26-10-12(4-5-17(26)27)14-8-15(19(22)23)25-20(24-14)30-3;1-18-11-15-7(4-8(16-11)10(12)13)6-2-3-9(17)14-5-6;1-12-8-4-6(5-10)3-7(11)9(8)13-2/h4-8,10,19H,9H2,1-3H3;4-8,10,19H,9H2,1-3H3;2-5,10H,1H3,(H,14,17);3-4H,5H2,1-2H3. The highest BCUT2D eigenvalue weighted by atomic mass is 35.5. The number of aromatic amines is 1. The molecule has 6 aromatic heterocycles. The Hall–Kier alpha value is -9.14. The molecule has 0 unspecified atom stereocenters. The summed E-state index contributed by atoms with van der Waals surface area (Å²) in [6.07, 6.45) is -0.0178. The minimum absolute atomic E-state index is 0.0338. The van der Waals surface area contributed by atoms with Crippen LogP contribution in [0.15, 0.2) is 139 Å². The fourth-order valence-electron chi connectivity index (χ4n) is 8.21. The van der Waals surface area contributed by atoms with Crippen molar-refractivity contribution in [2.24, 2.45) is 0 Å². The molecule has 0 saturated carbocycles. The van der Waals surface area contributed by atoms with E-state index in [4.69, 9.17) is 40.0 Å². The van der Waals surface area contributed by atoms with Gasteiger partial charge in [-0.15, -0.1) is 11.6 Å². The molecule has 0 radical (unpaired) electrons. The topological polar surface area (TPSA) is 244 Å².